The Kier molecular flexibility index (Phi) is 6.34. The van der Waals surface area contributed by atoms with E-state index in [1.807, 2.05) is 0 Å². The van der Waals surface area contributed by atoms with Gasteiger partial charge in [-0.05, 0) is 20.8 Å². The average molecular weight is 288 g/mol. The first-order valence-electron chi connectivity index (χ1n) is 5.66. The van der Waals surface area contributed by atoms with Gasteiger partial charge in [0.1, 0.15) is 0 Å². The van der Waals surface area contributed by atoms with Crippen LogP contribution in [0, 0.1) is 5.41 Å². The summed E-state index contributed by atoms with van der Waals surface area (Å²) in [7, 11) is 0. The summed E-state index contributed by atoms with van der Waals surface area (Å²) in [5.41, 5.74) is -2.19. The molecule has 0 aliphatic heterocycles. The van der Waals surface area contributed by atoms with E-state index in [0.717, 1.165) is 20.8 Å². The molecule has 0 saturated carbocycles. The quantitative estimate of drug-likeness (QED) is 0.429. The predicted octanol–water partition coefficient (Wildman–Crippen LogP) is -1.45. The lowest BCUT2D eigenvalue weighted by molar-refractivity contribution is -0.171. The number of ketones is 3. The van der Waals surface area contributed by atoms with Gasteiger partial charge in [0.15, 0.2) is 28.9 Å². The minimum absolute atomic E-state index is 0.843. The summed E-state index contributed by atoms with van der Waals surface area (Å²) in [4.78, 5) is 57.2. The van der Waals surface area contributed by atoms with Gasteiger partial charge >= 0.3 is 11.9 Å². The van der Waals surface area contributed by atoms with Crippen LogP contribution in [0.1, 0.15) is 27.2 Å². The van der Waals surface area contributed by atoms with E-state index in [0.29, 0.717) is 0 Å². The molecule has 0 aromatic rings. The molecule has 0 aliphatic rings. The van der Waals surface area contributed by atoms with Crippen LogP contribution >= 0.6 is 0 Å². The van der Waals surface area contributed by atoms with Crippen molar-refractivity contribution in [3.05, 3.63) is 0 Å². The highest BCUT2D eigenvalue weighted by Crippen LogP contribution is 2.27. The summed E-state index contributed by atoms with van der Waals surface area (Å²) in [6.07, 6.45) is -2.85. The number of hydrogen-bond acceptors (Lipinski definition) is 8. The zero-order chi connectivity index (χ0) is 16.1. The third-order valence-electron chi connectivity index (χ3n) is 2.87. The van der Waals surface area contributed by atoms with Gasteiger partial charge in [0, 0.05) is 0 Å². The summed E-state index contributed by atoms with van der Waals surface area (Å²) in [5, 5.41) is 17.4. The second-order valence-corrected chi connectivity index (χ2v) is 4.24. The van der Waals surface area contributed by atoms with Gasteiger partial charge in [0.2, 0.25) is 0 Å². The Morgan fingerprint density at radius 2 is 1.40 bits per heavy atom. The van der Waals surface area contributed by atoms with Crippen molar-refractivity contribution < 1.29 is 38.9 Å². The number of ether oxygens (including phenoxy) is 1. The van der Waals surface area contributed by atoms with Crippen molar-refractivity contribution in [1.29, 1.82) is 0 Å². The van der Waals surface area contributed by atoms with Gasteiger partial charge in [-0.1, -0.05) is 0 Å². The first-order chi connectivity index (χ1) is 9.09. The largest absolute Gasteiger partial charge is 0.393 e. The predicted molar refractivity (Wildman–Crippen MR) is 63.3 cm³/mol. The molecule has 1 atom stereocenters. The van der Waals surface area contributed by atoms with E-state index in [4.69, 9.17) is 10.2 Å². The smallest absolute Gasteiger partial charge is 0.345 e. The van der Waals surface area contributed by atoms with E-state index in [1.165, 1.54) is 0 Å². The molecule has 0 aromatic heterocycles. The molecule has 0 amide bonds. The zero-order valence-electron chi connectivity index (χ0n) is 11.3. The molecule has 20 heavy (non-hydrogen) atoms. The first-order valence-corrected chi connectivity index (χ1v) is 5.66. The van der Waals surface area contributed by atoms with Gasteiger partial charge in [-0.2, -0.15) is 0 Å². The summed E-state index contributed by atoms with van der Waals surface area (Å²) in [6.45, 7) is 1.96. The molecule has 0 fully saturated rings. The SMILES string of the molecule is CC(=O)C(CC(=O)OC(=O)C(O)CO)(C(C)=O)C(C)=O. The van der Waals surface area contributed by atoms with E-state index in [9.17, 15) is 24.0 Å². The molecule has 0 bridgehead atoms. The molecule has 0 spiro atoms. The van der Waals surface area contributed by atoms with Crippen molar-refractivity contribution >= 4 is 29.3 Å². The maximum Gasteiger partial charge on any atom is 0.345 e. The number of aliphatic hydroxyl groups is 2. The van der Waals surface area contributed by atoms with E-state index in [1.54, 1.807) is 0 Å². The second kappa shape index (κ2) is 7.01. The third-order valence-corrected chi connectivity index (χ3v) is 2.87. The van der Waals surface area contributed by atoms with Crippen LogP contribution in [0.2, 0.25) is 0 Å². The Morgan fingerprint density at radius 3 is 1.70 bits per heavy atom. The van der Waals surface area contributed by atoms with Crippen molar-refractivity contribution in [2.24, 2.45) is 5.41 Å². The molecule has 0 aliphatic carbocycles. The van der Waals surface area contributed by atoms with Crippen LogP contribution in [0.5, 0.6) is 0 Å². The molecule has 0 rings (SSSR count). The third kappa shape index (κ3) is 3.78. The number of aliphatic hydroxyl groups excluding tert-OH is 2. The molecule has 112 valence electrons. The van der Waals surface area contributed by atoms with E-state index in [-0.39, 0.29) is 0 Å². The van der Waals surface area contributed by atoms with Crippen molar-refractivity contribution in [3.8, 4) is 0 Å². The summed E-state index contributed by atoms with van der Waals surface area (Å²) in [5.74, 6) is -5.27. The highest BCUT2D eigenvalue weighted by Gasteiger charge is 2.48. The first kappa shape index (κ1) is 18.1. The number of carbonyl (C=O) groups is 5. The highest BCUT2D eigenvalue weighted by molar-refractivity contribution is 6.24. The van der Waals surface area contributed by atoms with Crippen LogP contribution in [0.25, 0.3) is 0 Å². The fraction of sp³-hybridized carbons (Fsp3) is 0.583. The summed E-state index contributed by atoms with van der Waals surface area (Å²) in [6, 6.07) is 0. The maximum atomic E-state index is 11.5. The van der Waals surface area contributed by atoms with Crippen LogP contribution < -0.4 is 0 Å². The summed E-state index contributed by atoms with van der Waals surface area (Å²) >= 11 is 0. The van der Waals surface area contributed by atoms with Gasteiger partial charge in [-0.25, -0.2) is 4.79 Å². The van der Waals surface area contributed by atoms with Gasteiger partial charge in [0.25, 0.3) is 0 Å². The molecule has 0 saturated heterocycles. The molecule has 0 heterocycles. The number of rotatable bonds is 7. The van der Waals surface area contributed by atoms with Gasteiger partial charge in [-0.15, -0.1) is 0 Å². The monoisotopic (exact) mass is 288 g/mol. The molecule has 8 nitrogen and oxygen atoms in total. The number of esters is 2. The van der Waals surface area contributed by atoms with Crippen LogP contribution in [0.4, 0.5) is 0 Å². The van der Waals surface area contributed by atoms with Gasteiger partial charge in [-0.3, -0.25) is 19.2 Å². The molecular weight excluding hydrogens is 272 g/mol. The van der Waals surface area contributed by atoms with Crippen molar-refractivity contribution in [2.45, 2.75) is 33.3 Å². The lowest BCUT2D eigenvalue weighted by Gasteiger charge is -2.24. The lowest BCUT2D eigenvalue weighted by Crippen LogP contribution is -2.45. The Balaban J connectivity index is 5.16. The maximum absolute atomic E-state index is 11.5. The number of hydrogen-bond donors (Lipinski definition) is 2. The normalized spacial score (nSPS) is 12.4. The Labute approximate surface area is 114 Å². The van der Waals surface area contributed by atoms with Crippen LogP contribution in [-0.2, 0) is 28.7 Å². The highest BCUT2D eigenvalue weighted by atomic mass is 16.6. The van der Waals surface area contributed by atoms with Crippen molar-refractivity contribution in [1.82, 2.24) is 0 Å². The standard InChI is InChI=1S/C12H16O8/c1-6(14)12(7(2)15,8(3)16)4-10(18)20-11(19)9(17)5-13/h9,13,17H,4-5H2,1-3H3. The van der Waals surface area contributed by atoms with Crippen molar-refractivity contribution in [3.63, 3.8) is 0 Å². The number of Topliss-reactive ketones (excluding diaryl/α,β-unsaturated/α-hetero) is 3. The number of carbonyl (C=O) groups excluding carboxylic acids is 5. The Bertz CT molecular complexity index is 414. The summed E-state index contributed by atoms with van der Waals surface area (Å²) < 4.78 is 4.16. The van der Waals surface area contributed by atoms with Crippen molar-refractivity contribution in [2.75, 3.05) is 6.61 Å². The van der Waals surface area contributed by atoms with E-state index in [2.05, 4.69) is 4.74 Å². The van der Waals surface area contributed by atoms with E-state index >= 15 is 0 Å². The topological polar surface area (TPSA) is 135 Å². The molecule has 0 radical (unpaired) electrons. The Morgan fingerprint density at radius 1 is 1.00 bits per heavy atom. The van der Waals surface area contributed by atoms with Crippen LogP contribution in [-0.4, -0.2) is 52.2 Å². The average Bonchev–Trinajstić information content (AvgIpc) is 2.33. The van der Waals surface area contributed by atoms with E-state index < -0.39 is 53.8 Å². The fourth-order valence-electron chi connectivity index (χ4n) is 1.62. The lowest BCUT2D eigenvalue weighted by atomic mass is 9.74. The molecule has 2 N–H and O–H groups in total. The fourth-order valence-corrected chi connectivity index (χ4v) is 1.62. The molecular formula is C12H16O8. The zero-order valence-corrected chi connectivity index (χ0v) is 11.3. The minimum atomic E-state index is -2.19. The van der Waals surface area contributed by atoms with Crippen LogP contribution in [0.3, 0.4) is 0 Å². The molecule has 0 aromatic carbocycles. The van der Waals surface area contributed by atoms with Crippen LogP contribution in [0.15, 0.2) is 0 Å². The minimum Gasteiger partial charge on any atom is -0.393 e. The Hall–Kier alpha value is -1.93. The molecule has 1 unspecified atom stereocenters. The van der Waals surface area contributed by atoms with Gasteiger partial charge in [0.05, 0.1) is 13.0 Å². The molecule has 8 heteroatoms. The second-order valence-electron chi connectivity index (χ2n) is 4.24. The van der Waals surface area contributed by atoms with Gasteiger partial charge < -0.3 is 14.9 Å².